The number of carbonyl (C=O) groups is 2. The van der Waals surface area contributed by atoms with Crippen LogP contribution in [0, 0.1) is 17.8 Å². The largest absolute Gasteiger partial charge is 0.443 e. The van der Waals surface area contributed by atoms with Crippen LogP contribution in [0.25, 0.3) is 0 Å². The van der Waals surface area contributed by atoms with Gasteiger partial charge in [0.1, 0.15) is 6.10 Å². The Morgan fingerprint density at radius 2 is 1.93 bits per heavy atom. The van der Waals surface area contributed by atoms with Crippen molar-refractivity contribution in [2.75, 3.05) is 26.7 Å². The Bertz CT molecular complexity index is 1440. The number of sulfonamides is 1. The van der Waals surface area contributed by atoms with Crippen molar-refractivity contribution in [1.29, 1.82) is 0 Å². The van der Waals surface area contributed by atoms with Crippen molar-refractivity contribution in [3.8, 4) is 0 Å². The van der Waals surface area contributed by atoms with Crippen LogP contribution in [0.15, 0.2) is 53.4 Å². The van der Waals surface area contributed by atoms with Gasteiger partial charge in [-0.15, -0.1) is 0 Å². The molecule has 3 heterocycles. The zero-order valence-corrected chi connectivity index (χ0v) is 25.8. The summed E-state index contributed by atoms with van der Waals surface area (Å²) in [6.07, 6.45) is 1.47. The minimum atomic E-state index is -3.86. The second-order valence-electron chi connectivity index (χ2n) is 12.8. The normalized spacial score (nSPS) is 26.7. The van der Waals surface area contributed by atoms with Gasteiger partial charge in [-0.3, -0.25) is 4.79 Å². The van der Waals surface area contributed by atoms with E-state index in [1.807, 2.05) is 44.2 Å². The van der Waals surface area contributed by atoms with Gasteiger partial charge in [0.25, 0.3) is 5.91 Å². The zero-order valence-electron chi connectivity index (χ0n) is 25.0. The van der Waals surface area contributed by atoms with E-state index in [9.17, 15) is 18.0 Å². The molecule has 1 saturated carbocycles. The second-order valence-corrected chi connectivity index (χ2v) is 14.7. The lowest BCUT2D eigenvalue weighted by atomic mass is 9.78. The molecule has 1 aliphatic carbocycles. The second kappa shape index (κ2) is 12.2. The van der Waals surface area contributed by atoms with Crippen molar-refractivity contribution in [2.24, 2.45) is 17.8 Å². The minimum Gasteiger partial charge on any atom is -0.443 e. The predicted molar refractivity (Wildman–Crippen MR) is 159 cm³/mol. The highest BCUT2D eigenvalue weighted by molar-refractivity contribution is 7.89. The SMILES string of the molecule is CC(C)CN(CC[C@H](Cc1ccccc1)NC(=O)OC1C2CC3C[C@@H]1COC3O2)S(=O)(=O)c1ccc2c(c1)CN(C)C2=O. The molecule has 2 amide bonds. The third kappa shape index (κ3) is 6.31. The Labute approximate surface area is 253 Å². The zero-order chi connectivity index (χ0) is 30.3. The number of hydrogen-bond acceptors (Lipinski definition) is 7. The fourth-order valence-corrected chi connectivity index (χ4v) is 8.61. The number of fused-ring (bicyclic) bond motifs is 3. The summed E-state index contributed by atoms with van der Waals surface area (Å²) >= 11 is 0. The highest BCUT2D eigenvalue weighted by atomic mass is 32.2. The summed E-state index contributed by atoms with van der Waals surface area (Å²) in [6.45, 7) is 5.40. The first-order valence-electron chi connectivity index (χ1n) is 15.2. The Morgan fingerprint density at radius 3 is 2.70 bits per heavy atom. The van der Waals surface area contributed by atoms with Crippen LogP contribution in [-0.4, -0.2) is 80.9 Å². The summed E-state index contributed by atoms with van der Waals surface area (Å²) in [7, 11) is -2.15. The molecular formula is C32H41N3O7S. The molecule has 4 aliphatic rings. The van der Waals surface area contributed by atoms with Crippen LogP contribution in [0.5, 0.6) is 0 Å². The van der Waals surface area contributed by atoms with Crippen LogP contribution in [-0.2, 0) is 37.2 Å². The highest BCUT2D eigenvalue weighted by Crippen LogP contribution is 2.46. The number of alkyl carbamates (subject to hydrolysis) is 1. The van der Waals surface area contributed by atoms with Gasteiger partial charge >= 0.3 is 6.09 Å². The van der Waals surface area contributed by atoms with E-state index in [1.54, 1.807) is 24.1 Å². The fourth-order valence-electron chi connectivity index (χ4n) is 6.94. The molecule has 0 radical (unpaired) electrons. The average Bonchev–Trinajstić information content (AvgIpc) is 3.43. The van der Waals surface area contributed by atoms with E-state index in [0.29, 0.717) is 49.6 Å². The monoisotopic (exact) mass is 611 g/mol. The number of carbonyl (C=O) groups excluding carboxylic acids is 2. The first kappa shape index (κ1) is 30.1. The first-order chi connectivity index (χ1) is 20.6. The van der Waals surface area contributed by atoms with E-state index in [2.05, 4.69) is 5.32 Å². The number of amides is 2. The summed E-state index contributed by atoms with van der Waals surface area (Å²) in [5, 5.41) is 3.05. The third-order valence-electron chi connectivity index (χ3n) is 9.02. The molecule has 2 aromatic rings. The maximum absolute atomic E-state index is 13.9. The lowest BCUT2D eigenvalue weighted by molar-refractivity contribution is -0.153. The smallest absolute Gasteiger partial charge is 0.407 e. The molecule has 2 saturated heterocycles. The number of hydrogen-bond donors (Lipinski definition) is 1. The maximum Gasteiger partial charge on any atom is 0.407 e. The number of rotatable bonds is 11. The Kier molecular flexibility index (Phi) is 8.52. The minimum absolute atomic E-state index is 0.0846. The Morgan fingerprint density at radius 1 is 1.14 bits per heavy atom. The quantitative estimate of drug-likeness (QED) is 0.411. The molecule has 11 heteroatoms. The van der Waals surface area contributed by atoms with Gasteiger partial charge in [0.2, 0.25) is 10.0 Å². The van der Waals surface area contributed by atoms with E-state index >= 15 is 0 Å². The van der Waals surface area contributed by atoms with Gasteiger partial charge in [0.15, 0.2) is 6.29 Å². The molecule has 0 aromatic heterocycles. The number of benzene rings is 2. The molecular weight excluding hydrogens is 570 g/mol. The Balaban J connectivity index is 1.17. The van der Waals surface area contributed by atoms with Crippen molar-refractivity contribution >= 4 is 22.0 Å². The standard InChI is InChI=1S/C32H41N3O7S/c1-20(2)17-35(43(38,39)26-9-10-27-23(15-26)18-34(3)30(27)36)12-11-25(13-21-7-5-4-6-8-21)33-32(37)42-29-24-14-22-16-28(29)41-31(22)40-19-24/h4-10,15,20,22,24-25,28-29,31H,11-14,16-19H2,1-3H3,(H,33,37)/t22?,24-,25-,28?,29?,31?/m1/s1. The van der Waals surface area contributed by atoms with Crippen LogP contribution >= 0.6 is 0 Å². The predicted octanol–water partition coefficient (Wildman–Crippen LogP) is 3.80. The topological polar surface area (TPSA) is 114 Å². The van der Waals surface area contributed by atoms with Crippen molar-refractivity contribution < 1.29 is 32.2 Å². The van der Waals surface area contributed by atoms with Crippen LogP contribution in [0.4, 0.5) is 4.79 Å². The van der Waals surface area contributed by atoms with Gasteiger partial charge in [-0.2, -0.15) is 4.31 Å². The van der Waals surface area contributed by atoms with Crippen molar-refractivity contribution in [2.45, 2.75) is 75.5 Å². The van der Waals surface area contributed by atoms with Gasteiger partial charge in [-0.25, -0.2) is 13.2 Å². The van der Waals surface area contributed by atoms with E-state index in [4.69, 9.17) is 14.2 Å². The average molecular weight is 612 g/mol. The molecule has 6 atom stereocenters. The van der Waals surface area contributed by atoms with Crippen LogP contribution in [0.1, 0.15) is 54.6 Å². The molecule has 10 nitrogen and oxygen atoms in total. The molecule has 0 spiro atoms. The molecule has 3 bridgehead atoms. The summed E-state index contributed by atoms with van der Waals surface area (Å²) in [4.78, 5) is 27.4. The van der Waals surface area contributed by atoms with Gasteiger partial charge in [-0.05, 0) is 60.9 Å². The Hall–Kier alpha value is -2.99. The van der Waals surface area contributed by atoms with E-state index < -0.39 is 16.1 Å². The van der Waals surface area contributed by atoms with Gasteiger partial charge in [-0.1, -0.05) is 44.2 Å². The van der Waals surface area contributed by atoms with Crippen LogP contribution < -0.4 is 5.32 Å². The lowest BCUT2D eigenvalue weighted by Gasteiger charge is -2.36. The molecule has 4 unspecified atom stereocenters. The summed E-state index contributed by atoms with van der Waals surface area (Å²) < 4.78 is 47.1. The molecule has 3 aliphatic heterocycles. The molecule has 232 valence electrons. The van der Waals surface area contributed by atoms with Gasteiger partial charge < -0.3 is 24.4 Å². The highest BCUT2D eigenvalue weighted by Gasteiger charge is 2.53. The first-order valence-corrected chi connectivity index (χ1v) is 16.7. The third-order valence-corrected chi connectivity index (χ3v) is 10.9. The van der Waals surface area contributed by atoms with Crippen LogP contribution in [0.3, 0.4) is 0 Å². The summed E-state index contributed by atoms with van der Waals surface area (Å²) in [6, 6.07) is 14.2. The van der Waals surface area contributed by atoms with Crippen molar-refractivity contribution in [3.05, 3.63) is 65.2 Å². The maximum atomic E-state index is 13.9. The van der Waals surface area contributed by atoms with E-state index in [1.165, 1.54) is 10.4 Å². The molecule has 6 rings (SSSR count). The van der Waals surface area contributed by atoms with Crippen molar-refractivity contribution in [3.63, 3.8) is 0 Å². The summed E-state index contributed by atoms with van der Waals surface area (Å²) in [5.74, 6) is 0.474. The molecule has 1 N–H and O–H groups in total. The molecule has 3 fully saturated rings. The number of nitrogens with zero attached hydrogens (tertiary/aromatic N) is 2. The number of ether oxygens (including phenoxy) is 3. The molecule has 43 heavy (non-hydrogen) atoms. The van der Waals surface area contributed by atoms with E-state index in [-0.39, 0.29) is 53.7 Å². The summed E-state index contributed by atoms with van der Waals surface area (Å²) in [5.41, 5.74) is 2.28. The van der Waals surface area contributed by atoms with E-state index in [0.717, 1.165) is 18.4 Å². The molecule has 2 aromatic carbocycles. The fraction of sp³-hybridized carbons (Fsp3) is 0.562. The lowest BCUT2D eigenvalue weighted by Crippen LogP contribution is -2.48. The van der Waals surface area contributed by atoms with Gasteiger partial charge in [0.05, 0.1) is 17.6 Å². The number of nitrogens with one attached hydrogen (secondary N) is 1. The van der Waals surface area contributed by atoms with Crippen LogP contribution in [0.2, 0.25) is 0 Å². The van der Waals surface area contributed by atoms with Gasteiger partial charge in [0, 0.05) is 50.1 Å². The van der Waals surface area contributed by atoms with Crippen molar-refractivity contribution in [1.82, 2.24) is 14.5 Å².